The van der Waals surface area contributed by atoms with E-state index in [1.165, 1.54) is 6.07 Å². The van der Waals surface area contributed by atoms with Crippen molar-refractivity contribution in [3.8, 4) is 5.75 Å². The van der Waals surface area contributed by atoms with Gasteiger partial charge in [0.05, 0.1) is 23.9 Å². The topological polar surface area (TPSA) is 70.0 Å². The largest absolute Gasteiger partial charge is 0.507 e. The number of amides is 1. The minimum absolute atomic E-state index is 0.0609. The third-order valence-corrected chi connectivity index (χ3v) is 3.66. The summed E-state index contributed by atoms with van der Waals surface area (Å²) in [4.78, 5) is 14.1. The fourth-order valence-electron chi connectivity index (χ4n) is 2.40. The van der Waals surface area contributed by atoms with Gasteiger partial charge in [-0.25, -0.2) is 0 Å². The van der Waals surface area contributed by atoms with Gasteiger partial charge in [-0.3, -0.25) is 4.79 Å². The molecule has 2 rings (SSSR count). The Morgan fingerprint density at radius 1 is 1.55 bits per heavy atom. The molecular formula is C14H18BrNO4. The van der Waals surface area contributed by atoms with Gasteiger partial charge in [-0.1, -0.05) is 15.9 Å². The quantitative estimate of drug-likeness (QED) is 0.858. The monoisotopic (exact) mass is 343 g/mol. The minimum atomic E-state index is -0.522. The first-order chi connectivity index (χ1) is 9.32. The number of hydrogen-bond acceptors (Lipinski definition) is 4. The number of carbonyl (C=O) groups excluding carboxylic acids is 1. The SMILES string of the molecule is CC1(C)CN(C(=O)c2ccc(Br)cc2O)CC(CO)O1. The van der Waals surface area contributed by atoms with Crippen LogP contribution in [0.4, 0.5) is 0 Å². The van der Waals surface area contributed by atoms with E-state index in [-0.39, 0.29) is 23.8 Å². The van der Waals surface area contributed by atoms with E-state index in [0.717, 1.165) is 0 Å². The fourth-order valence-corrected chi connectivity index (χ4v) is 2.75. The van der Waals surface area contributed by atoms with Crippen molar-refractivity contribution in [1.29, 1.82) is 0 Å². The summed E-state index contributed by atoms with van der Waals surface area (Å²) < 4.78 is 6.38. The number of aromatic hydroxyl groups is 1. The molecule has 1 atom stereocenters. The summed E-state index contributed by atoms with van der Waals surface area (Å²) in [6.45, 7) is 4.33. The molecule has 1 saturated heterocycles. The molecule has 0 radical (unpaired) electrons. The Kier molecular flexibility index (Phi) is 4.36. The van der Waals surface area contributed by atoms with Crippen LogP contribution in [0.2, 0.25) is 0 Å². The van der Waals surface area contributed by atoms with Crippen LogP contribution in [-0.4, -0.2) is 52.4 Å². The number of rotatable bonds is 2. The second-order valence-corrected chi connectivity index (χ2v) is 6.44. The zero-order valence-corrected chi connectivity index (χ0v) is 13.1. The summed E-state index contributed by atoms with van der Waals surface area (Å²) in [6, 6.07) is 4.78. The highest BCUT2D eigenvalue weighted by atomic mass is 79.9. The number of benzene rings is 1. The number of ether oxygens (including phenoxy) is 1. The first kappa shape index (κ1) is 15.3. The van der Waals surface area contributed by atoms with Crippen LogP contribution < -0.4 is 0 Å². The van der Waals surface area contributed by atoms with Crippen LogP contribution in [0.1, 0.15) is 24.2 Å². The van der Waals surface area contributed by atoms with E-state index in [1.807, 2.05) is 13.8 Å². The highest BCUT2D eigenvalue weighted by molar-refractivity contribution is 9.10. The predicted octanol–water partition coefficient (Wildman–Crippen LogP) is 1.77. The van der Waals surface area contributed by atoms with Gasteiger partial charge in [0.25, 0.3) is 5.91 Å². The van der Waals surface area contributed by atoms with Gasteiger partial charge in [-0.15, -0.1) is 0 Å². The maximum absolute atomic E-state index is 12.5. The van der Waals surface area contributed by atoms with Crippen molar-refractivity contribution >= 4 is 21.8 Å². The molecule has 1 heterocycles. The highest BCUT2D eigenvalue weighted by Gasteiger charge is 2.36. The average molecular weight is 344 g/mol. The molecule has 0 bridgehead atoms. The minimum Gasteiger partial charge on any atom is -0.507 e. The molecule has 1 aromatic rings. The van der Waals surface area contributed by atoms with E-state index in [1.54, 1.807) is 17.0 Å². The van der Waals surface area contributed by atoms with Gasteiger partial charge >= 0.3 is 0 Å². The molecule has 0 aromatic heterocycles. The van der Waals surface area contributed by atoms with Gasteiger partial charge in [0.15, 0.2) is 0 Å². The lowest BCUT2D eigenvalue weighted by Crippen LogP contribution is -2.55. The molecular weight excluding hydrogens is 326 g/mol. The number of morpholine rings is 1. The molecule has 0 saturated carbocycles. The maximum atomic E-state index is 12.5. The van der Waals surface area contributed by atoms with Crippen LogP contribution in [0.5, 0.6) is 5.75 Å². The van der Waals surface area contributed by atoms with Gasteiger partial charge in [0, 0.05) is 17.6 Å². The van der Waals surface area contributed by atoms with Gasteiger partial charge in [0.2, 0.25) is 0 Å². The summed E-state index contributed by atoms with van der Waals surface area (Å²) in [7, 11) is 0. The number of carbonyl (C=O) groups is 1. The number of phenols is 1. The molecule has 0 spiro atoms. The first-order valence-electron chi connectivity index (χ1n) is 6.39. The molecule has 6 heteroatoms. The molecule has 0 aliphatic carbocycles. The summed E-state index contributed by atoms with van der Waals surface area (Å²) >= 11 is 3.24. The number of nitrogens with zero attached hydrogens (tertiary/aromatic N) is 1. The van der Waals surface area contributed by atoms with E-state index in [2.05, 4.69) is 15.9 Å². The summed E-state index contributed by atoms with van der Waals surface area (Å²) in [5, 5.41) is 19.2. The Morgan fingerprint density at radius 2 is 2.25 bits per heavy atom. The van der Waals surface area contributed by atoms with E-state index >= 15 is 0 Å². The lowest BCUT2D eigenvalue weighted by atomic mass is 10.0. The second-order valence-electron chi connectivity index (χ2n) is 5.53. The Hall–Kier alpha value is -1.11. The van der Waals surface area contributed by atoms with Crippen LogP contribution in [-0.2, 0) is 4.74 Å². The smallest absolute Gasteiger partial charge is 0.257 e. The van der Waals surface area contributed by atoms with Gasteiger partial charge in [0.1, 0.15) is 5.75 Å². The Morgan fingerprint density at radius 3 is 2.85 bits per heavy atom. The molecule has 1 aliphatic rings. The van der Waals surface area contributed by atoms with Crippen LogP contribution >= 0.6 is 15.9 Å². The third kappa shape index (κ3) is 3.31. The molecule has 1 fully saturated rings. The van der Waals surface area contributed by atoms with Crippen molar-refractivity contribution in [3.63, 3.8) is 0 Å². The lowest BCUT2D eigenvalue weighted by Gasteiger charge is -2.42. The van der Waals surface area contributed by atoms with E-state index in [4.69, 9.17) is 4.74 Å². The number of hydrogen-bond donors (Lipinski definition) is 2. The standard InChI is InChI=1S/C14H18BrNO4/c1-14(2)8-16(6-10(7-17)20-14)13(19)11-4-3-9(15)5-12(11)18/h3-5,10,17-18H,6-8H2,1-2H3. The molecule has 1 unspecified atom stereocenters. The van der Waals surface area contributed by atoms with E-state index in [0.29, 0.717) is 17.6 Å². The average Bonchev–Trinajstić information content (AvgIpc) is 2.36. The van der Waals surface area contributed by atoms with Gasteiger partial charge in [-0.05, 0) is 32.0 Å². The molecule has 1 aliphatic heterocycles. The summed E-state index contributed by atoms with van der Waals surface area (Å²) in [5.41, 5.74) is -0.269. The first-order valence-corrected chi connectivity index (χ1v) is 7.18. The van der Waals surface area contributed by atoms with Crippen molar-refractivity contribution in [2.24, 2.45) is 0 Å². The molecule has 1 aromatic carbocycles. The van der Waals surface area contributed by atoms with Crippen molar-refractivity contribution < 1.29 is 19.7 Å². The molecule has 110 valence electrons. The lowest BCUT2D eigenvalue weighted by molar-refractivity contribution is -0.139. The Balaban J connectivity index is 2.23. The third-order valence-electron chi connectivity index (χ3n) is 3.16. The Bertz CT molecular complexity index is 518. The number of aliphatic hydroxyl groups is 1. The van der Waals surface area contributed by atoms with Gasteiger partial charge in [-0.2, -0.15) is 0 Å². The molecule has 2 N–H and O–H groups in total. The van der Waals surface area contributed by atoms with Crippen LogP contribution in [0.25, 0.3) is 0 Å². The zero-order chi connectivity index (χ0) is 14.9. The summed E-state index contributed by atoms with van der Waals surface area (Å²) in [5.74, 6) is -0.320. The number of halogens is 1. The number of phenolic OH excluding ortho intramolecular Hbond substituents is 1. The second kappa shape index (κ2) is 5.71. The van der Waals surface area contributed by atoms with E-state index in [9.17, 15) is 15.0 Å². The molecule has 20 heavy (non-hydrogen) atoms. The highest BCUT2D eigenvalue weighted by Crippen LogP contribution is 2.27. The van der Waals surface area contributed by atoms with Crippen LogP contribution in [0.3, 0.4) is 0 Å². The molecule has 1 amide bonds. The number of aliphatic hydroxyl groups excluding tert-OH is 1. The maximum Gasteiger partial charge on any atom is 0.257 e. The Labute approximate surface area is 126 Å². The van der Waals surface area contributed by atoms with Crippen LogP contribution in [0, 0.1) is 0 Å². The predicted molar refractivity (Wildman–Crippen MR) is 77.7 cm³/mol. The summed E-state index contributed by atoms with van der Waals surface area (Å²) in [6.07, 6.45) is -0.403. The normalized spacial score (nSPS) is 21.8. The van der Waals surface area contributed by atoms with Crippen molar-refractivity contribution in [3.05, 3.63) is 28.2 Å². The fraction of sp³-hybridized carbons (Fsp3) is 0.500. The van der Waals surface area contributed by atoms with Crippen molar-refractivity contribution in [2.45, 2.75) is 25.6 Å². The van der Waals surface area contributed by atoms with E-state index < -0.39 is 11.7 Å². The molecule has 5 nitrogen and oxygen atoms in total. The van der Waals surface area contributed by atoms with Crippen LogP contribution in [0.15, 0.2) is 22.7 Å². The van der Waals surface area contributed by atoms with Crippen molar-refractivity contribution in [1.82, 2.24) is 4.90 Å². The van der Waals surface area contributed by atoms with Gasteiger partial charge < -0.3 is 19.8 Å². The van der Waals surface area contributed by atoms with Crippen molar-refractivity contribution in [2.75, 3.05) is 19.7 Å². The zero-order valence-electron chi connectivity index (χ0n) is 11.5.